The minimum absolute atomic E-state index is 0. The van der Waals surface area contributed by atoms with E-state index >= 15 is 0 Å². The van der Waals surface area contributed by atoms with Gasteiger partial charge in [-0.3, -0.25) is 0 Å². The van der Waals surface area contributed by atoms with Gasteiger partial charge in [-0.1, -0.05) is 64.0 Å². The molecule has 0 aliphatic heterocycles. The van der Waals surface area contributed by atoms with E-state index in [1.165, 1.54) is 32.1 Å². The molecule has 0 spiro atoms. The Morgan fingerprint density at radius 1 is 0.697 bits per heavy atom. The summed E-state index contributed by atoms with van der Waals surface area (Å²) in [4.78, 5) is 0. The van der Waals surface area contributed by atoms with Crippen LogP contribution in [0.2, 0.25) is 43.3 Å². The second-order valence-corrected chi connectivity index (χ2v) is 26.0. The van der Waals surface area contributed by atoms with Crippen LogP contribution in [0, 0.1) is 38.5 Å². The maximum atomic E-state index is 6.30. The van der Waals surface area contributed by atoms with E-state index in [1.54, 1.807) is 57.4 Å². The zero-order valence-corrected chi connectivity index (χ0v) is 28.7. The quantitative estimate of drug-likeness (QED) is 0.158. The average Bonchev–Trinajstić information content (AvgIpc) is 3.35. The van der Waals surface area contributed by atoms with Crippen molar-refractivity contribution < 1.29 is 25.3 Å². The van der Waals surface area contributed by atoms with E-state index in [0.29, 0.717) is 0 Å². The Hall–Kier alpha value is 1.86. The summed E-state index contributed by atoms with van der Waals surface area (Å²) >= 11 is -0.826. The topological polar surface area (TPSA) is 9.23 Å². The van der Waals surface area contributed by atoms with Gasteiger partial charge in [0.2, 0.25) is 0 Å². The average molecular weight is 613 g/mol. The third-order valence-corrected chi connectivity index (χ3v) is 16.9. The van der Waals surface area contributed by atoms with E-state index in [9.17, 15) is 0 Å². The molecule has 4 aliphatic carbocycles. The summed E-state index contributed by atoms with van der Waals surface area (Å²) in [6, 6.07) is 1.58. The van der Waals surface area contributed by atoms with Crippen LogP contribution in [-0.2, 0) is 25.3 Å². The zero-order chi connectivity index (χ0) is 22.5. The van der Waals surface area contributed by atoms with Crippen molar-refractivity contribution in [2.45, 2.75) is 127 Å². The number of hydrogen-bond acceptors (Lipinski definition) is 1. The van der Waals surface area contributed by atoms with Gasteiger partial charge in [-0.05, 0) is 86.5 Å². The molecular formula is C27H54Cl2OSi2Zr. The predicted molar refractivity (Wildman–Crippen MR) is 152 cm³/mol. The van der Waals surface area contributed by atoms with Gasteiger partial charge in [0.15, 0.2) is 8.32 Å². The predicted octanol–water partition coefficient (Wildman–Crippen LogP) is 10.5. The third kappa shape index (κ3) is 9.28. The Morgan fingerprint density at radius 2 is 1.03 bits per heavy atom. The SMILES string of the molecule is C[Si](C)(C)OCCC[Si](C)(C1CC2CCCCC2C1)C1CC2CCCCC2C1.[CH3-].[CH3-].[Cl][Zr+2][Cl]. The standard InChI is InChI=1S/C25H48OSi2.2CH3.2ClH.Zr/c1-27(2,3)26-14-9-15-28(4,24-16-20-10-5-6-11-21(20)17-24)25-18-22-12-7-8-13-23(22)19-25;;;;;/h20-25H,5-19H2,1-4H3;2*1H3;2*1H;/q;2*-1;;;+4/p-2. The van der Waals surface area contributed by atoms with Crippen LogP contribution in [0.3, 0.4) is 0 Å². The van der Waals surface area contributed by atoms with E-state index in [2.05, 4.69) is 26.2 Å². The zero-order valence-electron chi connectivity index (χ0n) is 22.7. The van der Waals surface area contributed by atoms with Gasteiger partial charge in [0.1, 0.15) is 0 Å². The monoisotopic (exact) mass is 610 g/mol. The first-order valence-electron chi connectivity index (χ1n) is 13.4. The second kappa shape index (κ2) is 15.3. The Kier molecular flexibility index (Phi) is 15.3. The molecule has 0 aromatic rings. The van der Waals surface area contributed by atoms with Crippen molar-refractivity contribution in [2.24, 2.45) is 23.7 Å². The minimum atomic E-state index is -1.35. The first kappa shape index (κ1) is 32.9. The molecule has 4 fully saturated rings. The van der Waals surface area contributed by atoms with Crippen LogP contribution in [0.1, 0.15) is 83.5 Å². The van der Waals surface area contributed by atoms with E-state index in [4.69, 9.17) is 21.5 Å². The van der Waals surface area contributed by atoms with Gasteiger partial charge in [0.25, 0.3) is 0 Å². The van der Waals surface area contributed by atoms with Crippen LogP contribution in [-0.4, -0.2) is 23.0 Å². The molecule has 6 heteroatoms. The summed E-state index contributed by atoms with van der Waals surface area (Å²) in [6.45, 7) is 11.0. The molecule has 0 heterocycles. The van der Waals surface area contributed by atoms with E-state index < -0.39 is 37.2 Å². The Bertz CT molecular complexity index is 485. The van der Waals surface area contributed by atoms with Gasteiger partial charge in [-0.15, -0.1) is 0 Å². The molecule has 0 bridgehead atoms. The molecule has 33 heavy (non-hydrogen) atoms. The number of hydrogen-bond donors (Lipinski definition) is 0. The molecule has 0 radical (unpaired) electrons. The number of rotatable bonds is 7. The number of fused-ring (bicyclic) bond motifs is 2. The van der Waals surface area contributed by atoms with Crippen molar-refractivity contribution >= 4 is 33.4 Å². The van der Waals surface area contributed by atoms with Crippen LogP contribution in [0.5, 0.6) is 0 Å². The maximum absolute atomic E-state index is 6.30. The normalized spacial score (nSPS) is 34.8. The van der Waals surface area contributed by atoms with Crippen molar-refractivity contribution in [3.63, 3.8) is 0 Å². The third-order valence-electron chi connectivity index (χ3n) is 9.74. The molecule has 4 saturated carbocycles. The van der Waals surface area contributed by atoms with E-state index in [-0.39, 0.29) is 14.9 Å². The summed E-state index contributed by atoms with van der Waals surface area (Å²) < 4.78 is 6.30. The molecule has 4 rings (SSSR count). The van der Waals surface area contributed by atoms with Gasteiger partial charge >= 0.3 is 37.9 Å². The molecule has 4 atom stereocenters. The molecule has 4 unspecified atom stereocenters. The van der Waals surface area contributed by atoms with Crippen LogP contribution >= 0.6 is 17.0 Å². The summed E-state index contributed by atoms with van der Waals surface area (Å²) in [6.07, 6.45) is 20.3. The second-order valence-electron chi connectivity index (χ2n) is 12.6. The molecule has 0 amide bonds. The first-order valence-corrected chi connectivity index (χ1v) is 26.0. The molecule has 0 saturated heterocycles. The van der Waals surface area contributed by atoms with Crippen molar-refractivity contribution in [1.29, 1.82) is 0 Å². The van der Waals surface area contributed by atoms with E-state index in [0.717, 1.165) is 41.4 Å². The first-order chi connectivity index (χ1) is 14.8. The fraction of sp³-hybridized carbons (Fsp3) is 0.926. The molecular weight excluding hydrogens is 559 g/mol. The fourth-order valence-electron chi connectivity index (χ4n) is 8.11. The van der Waals surface area contributed by atoms with E-state index in [1.807, 2.05) is 0 Å². The van der Waals surface area contributed by atoms with Gasteiger partial charge in [0, 0.05) is 6.61 Å². The van der Waals surface area contributed by atoms with Gasteiger partial charge in [-0.2, -0.15) is 0 Å². The van der Waals surface area contributed by atoms with Crippen molar-refractivity contribution in [1.82, 2.24) is 0 Å². The molecule has 0 N–H and O–H groups in total. The molecule has 194 valence electrons. The van der Waals surface area contributed by atoms with Crippen molar-refractivity contribution in [3.05, 3.63) is 14.9 Å². The molecule has 1 nitrogen and oxygen atoms in total. The van der Waals surface area contributed by atoms with Crippen molar-refractivity contribution in [2.75, 3.05) is 6.61 Å². The number of halogens is 2. The van der Waals surface area contributed by atoms with Crippen LogP contribution in [0.15, 0.2) is 0 Å². The van der Waals surface area contributed by atoms with Crippen molar-refractivity contribution in [3.8, 4) is 0 Å². The molecule has 4 aliphatic rings. The van der Waals surface area contributed by atoms with Crippen LogP contribution in [0.4, 0.5) is 0 Å². The Balaban J connectivity index is 0.00000103. The van der Waals surface area contributed by atoms with Crippen LogP contribution < -0.4 is 0 Å². The summed E-state index contributed by atoms with van der Waals surface area (Å²) in [5.74, 6) is 4.47. The Labute approximate surface area is 229 Å². The fourth-order valence-corrected chi connectivity index (χ4v) is 14.6. The van der Waals surface area contributed by atoms with Gasteiger partial charge < -0.3 is 19.3 Å². The van der Waals surface area contributed by atoms with Crippen LogP contribution in [0.25, 0.3) is 0 Å². The summed E-state index contributed by atoms with van der Waals surface area (Å²) in [7, 11) is 7.30. The summed E-state index contributed by atoms with van der Waals surface area (Å²) in [5, 5.41) is 0. The Morgan fingerprint density at radius 3 is 1.33 bits per heavy atom. The molecule has 0 aromatic carbocycles. The van der Waals surface area contributed by atoms with Gasteiger partial charge in [-0.25, -0.2) is 0 Å². The summed E-state index contributed by atoms with van der Waals surface area (Å²) in [5.41, 5.74) is 2.30. The molecule has 0 aromatic heterocycles. The van der Waals surface area contributed by atoms with Gasteiger partial charge in [0.05, 0.1) is 8.07 Å².